The Morgan fingerprint density at radius 2 is 1.35 bits per heavy atom. The molecule has 14 heteroatoms. The van der Waals surface area contributed by atoms with E-state index in [1.165, 1.54) is 0 Å². The molecule has 2 rings (SSSR count). The molecule has 2 aliphatic rings. The summed E-state index contributed by atoms with van der Waals surface area (Å²) in [4.78, 5) is 33.0. The van der Waals surface area contributed by atoms with Gasteiger partial charge < -0.3 is 39.7 Å². The van der Waals surface area contributed by atoms with Gasteiger partial charge in [0.2, 0.25) is 0 Å². The summed E-state index contributed by atoms with van der Waals surface area (Å²) in [5, 5.41) is 55.8. The van der Waals surface area contributed by atoms with Crippen LogP contribution in [0, 0.1) is 14.7 Å². The number of aliphatic hydroxyl groups excluding tert-OH is 5. The molecule has 0 aromatic carbocycles. The summed E-state index contributed by atoms with van der Waals surface area (Å²) in [5.74, 6) is 0. The molecular formula is C12H19N3O11. The summed E-state index contributed by atoms with van der Waals surface area (Å²) in [6.07, 6.45) is -11.1. The summed E-state index contributed by atoms with van der Waals surface area (Å²) in [6, 6.07) is -4.93. The molecule has 0 radical (unpaired) electrons. The van der Waals surface area contributed by atoms with Gasteiger partial charge in [0, 0.05) is 0 Å². The summed E-state index contributed by atoms with van der Waals surface area (Å²) in [7, 11) is 0. The van der Waals surface area contributed by atoms with Gasteiger partial charge in [-0.15, -0.1) is 0 Å². The highest BCUT2D eigenvalue weighted by Gasteiger charge is 2.53. The van der Waals surface area contributed by atoms with Crippen LogP contribution in [0.25, 0.3) is 0 Å². The van der Waals surface area contributed by atoms with E-state index in [0.29, 0.717) is 0 Å². The van der Waals surface area contributed by atoms with Gasteiger partial charge in [-0.2, -0.15) is 14.7 Å². The van der Waals surface area contributed by atoms with Crippen molar-refractivity contribution in [1.29, 1.82) is 0 Å². The fourth-order valence-electron chi connectivity index (χ4n) is 2.92. The molecule has 14 nitrogen and oxygen atoms in total. The van der Waals surface area contributed by atoms with Gasteiger partial charge in [0.15, 0.2) is 30.7 Å². The van der Waals surface area contributed by atoms with Crippen LogP contribution in [0.5, 0.6) is 0 Å². The zero-order chi connectivity index (χ0) is 19.4. The van der Waals surface area contributed by atoms with Crippen LogP contribution in [0.2, 0.25) is 0 Å². The van der Waals surface area contributed by atoms with Crippen LogP contribution in [0.1, 0.15) is 0 Å². The van der Waals surface area contributed by atoms with Gasteiger partial charge in [-0.25, -0.2) is 0 Å². The molecule has 2 heterocycles. The topological polar surface area (TPSA) is 217 Å². The van der Waals surface area contributed by atoms with E-state index in [0.717, 1.165) is 0 Å². The lowest BCUT2D eigenvalue weighted by atomic mass is 9.94. The average Bonchev–Trinajstić information content (AvgIpc) is 2.65. The third-order valence-corrected chi connectivity index (χ3v) is 4.34. The van der Waals surface area contributed by atoms with Crippen molar-refractivity contribution < 1.29 is 39.7 Å². The highest BCUT2D eigenvalue weighted by Crippen LogP contribution is 2.31. The van der Waals surface area contributed by atoms with Gasteiger partial charge >= 0.3 is 0 Å². The van der Waals surface area contributed by atoms with E-state index in [-0.39, 0.29) is 0 Å². The van der Waals surface area contributed by atoms with Gasteiger partial charge in [0.05, 0.1) is 13.2 Å². The SMILES string of the molecule is O=NC1C(OC2C(CO)OC(O)C(N=O)C2N=O)OC(CO)C(O)C1O. The Labute approximate surface area is 145 Å². The number of nitroso groups, excluding NO2 is 3. The first-order valence-electron chi connectivity index (χ1n) is 7.63. The van der Waals surface area contributed by atoms with Crippen molar-refractivity contribution >= 4 is 0 Å². The van der Waals surface area contributed by atoms with Gasteiger partial charge in [0.1, 0.15) is 30.5 Å². The molecule has 2 saturated heterocycles. The minimum absolute atomic E-state index is 0.735. The van der Waals surface area contributed by atoms with Crippen molar-refractivity contribution in [2.45, 2.75) is 61.2 Å². The molecule has 2 fully saturated rings. The first kappa shape index (κ1) is 20.8. The molecule has 26 heavy (non-hydrogen) atoms. The van der Waals surface area contributed by atoms with Gasteiger partial charge in [-0.05, 0) is 0 Å². The smallest absolute Gasteiger partial charge is 0.187 e. The van der Waals surface area contributed by atoms with Crippen molar-refractivity contribution in [2.75, 3.05) is 13.2 Å². The Morgan fingerprint density at radius 1 is 0.769 bits per heavy atom. The molecule has 0 aliphatic carbocycles. The van der Waals surface area contributed by atoms with Crippen LogP contribution in [0.3, 0.4) is 0 Å². The molecule has 2 aliphatic heterocycles. The van der Waals surface area contributed by atoms with Gasteiger partial charge in [-0.3, -0.25) is 0 Å². The molecule has 10 unspecified atom stereocenters. The minimum Gasteiger partial charge on any atom is -0.394 e. The second-order valence-corrected chi connectivity index (χ2v) is 5.84. The Morgan fingerprint density at radius 3 is 1.85 bits per heavy atom. The van der Waals surface area contributed by atoms with Crippen LogP contribution in [-0.2, 0) is 14.2 Å². The van der Waals surface area contributed by atoms with E-state index >= 15 is 0 Å². The van der Waals surface area contributed by atoms with Crippen molar-refractivity contribution in [3.05, 3.63) is 14.7 Å². The van der Waals surface area contributed by atoms with Crippen LogP contribution < -0.4 is 0 Å². The van der Waals surface area contributed by atoms with E-state index < -0.39 is 74.4 Å². The lowest BCUT2D eigenvalue weighted by molar-refractivity contribution is -0.310. The zero-order valence-electron chi connectivity index (χ0n) is 13.2. The Kier molecular flexibility index (Phi) is 7.13. The number of nitrogens with zero attached hydrogens (tertiary/aromatic N) is 3. The van der Waals surface area contributed by atoms with Gasteiger partial charge in [-0.1, -0.05) is 15.5 Å². The lowest BCUT2D eigenvalue weighted by Crippen LogP contribution is -2.63. The average molecular weight is 381 g/mol. The number of aliphatic hydroxyl groups is 5. The number of ether oxygens (including phenoxy) is 3. The molecule has 148 valence electrons. The maximum absolute atomic E-state index is 11.1. The standard InChI is InChI=1S/C12H19N3O11/c16-1-3-8(18)9(19)7(15-23)12(25-3)26-10-4(2-17)24-11(20)6(14-22)5(10)13-21/h3-12,16-20H,1-2H2. The number of rotatable bonds is 7. The molecule has 0 saturated carbocycles. The Balaban J connectivity index is 2.27. The highest BCUT2D eigenvalue weighted by molar-refractivity contribution is 5.00. The van der Waals surface area contributed by atoms with Crippen molar-refractivity contribution in [3.8, 4) is 0 Å². The molecule has 0 aromatic rings. The first-order chi connectivity index (χ1) is 12.4. The largest absolute Gasteiger partial charge is 0.394 e. The monoisotopic (exact) mass is 381 g/mol. The molecular weight excluding hydrogens is 362 g/mol. The number of hydrogen-bond acceptors (Lipinski definition) is 14. The van der Waals surface area contributed by atoms with Crippen molar-refractivity contribution in [1.82, 2.24) is 0 Å². The molecule has 0 aromatic heterocycles. The van der Waals surface area contributed by atoms with Crippen molar-refractivity contribution in [2.24, 2.45) is 15.5 Å². The minimum atomic E-state index is -1.82. The summed E-state index contributed by atoms with van der Waals surface area (Å²) < 4.78 is 15.5. The third-order valence-electron chi connectivity index (χ3n) is 4.34. The summed E-state index contributed by atoms with van der Waals surface area (Å²) in [5.41, 5.74) is 0. The third kappa shape index (κ3) is 3.77. The van der Waals surface area contributed by atoms with E-state index in [4.69, 9.17) is 14.2 Å². The van der Waals surface area contributed by atoms with E-state index in [9.17, 15) is 40.3 Å². The summed E-state index contributed by atoms with van der Waals surface area (Å²) >= 11 is 0. The van der Waals surface area contributed by atoms with E-state index in [1.807, 2.05) is 0 Å². The Bertz CT molecular complexity index is 511. The van der Waals surface area contributed by atoms with E-state index in [2.05, 4.69) is 15.5 Å². The fraction of sp³-hybridized carbons (Fsp3) is 1.00. The highest BCUT2D eigenvalue weighted by atomic mass is 16.7. The fourth-order valence-corrected chi connectivity index (χ4v) is 2.92. The van der Waals surface area contributed by atoms with Crippen LogP contribution in [0.4, 0.5) is 0 Å². The molecule has 0 spiro atoms. The maximum Gasteiger partial charge on any atom is 0.187 e. The quantitative estimate of drug-likeness (QED) is 0.278. The van der Waals surface area contributed by atoms with Crippen LogP contribution in [-0.4, -0.2) is 100.0 Å². The number of hydrogen-bond donors (Lipinski definition) is 5. The first-order valence-corrected chi connectivity index (χ1v) is 7.63. The maximum atomic E-state index is 11.1. The van der Waals surface area contributed by atoms with Crippen molar-refractivity contribution in [3.63, 3.8) is 0 Å². The normalized spacial score (nSPS) is 46.5. The second-order valence-electron chi connectivity index (χ2n) is 5.84. The van der Waals surface area contributed by atoms with Crippen LogP contribution >= 0.6 is 0 Å². The predicted octanol–water partition coefficient (Wildman–Crippen LogP) is -3.07. The molecule has 10 atom stereocenters. The second kappa shape index (κ2) is 8.92. The van der Waals surface area contributed by atoms with Gasteiger partial charge in [0.25, 0.3) is 0 Å². The zero-order valence-corrected chi connectivity index (χ0v) is 13.2. The molecule has 5 N–H and O–H groups in total. The van der Waals surface area contributed by atoms with E-state index in [1.54, 1.807) is 0 Å². The predicted molar refractivity (Wildman–Crippen MR) is 79.3 cm³/mol. The lowest BCUT2D eigenvalue weighted by Gasteiger charge is -2.44. The van der Waals surface area contributed by atoms with Crippen LogP contribution in [0.15, 0.2) is 15.5 Å². The molecule has 0 bridgehead atoms. The summed E-state index contributed by atoms with van der Waals surface area (Å²) in [6.45, 7) is -1.50. The molecule has 0 amide bonds. The Hall–Kier alpha value is -1.52.